The molecule has 0 spiro atoms. The van der Waals surface area contributed by atoms with E-state index in [9.17, 15) is 14.4 Å². The maximum absolute atomic E-state index is 12.4. The fraction of sp³-hybridized carbons (Fsp3) is 0.632. The molecule has 0 aromatic carbocycles. The van der Waals surface area contributed by atoms with Crippen molar-refractivity contribution < 1.29 is 23.9 Å². The van der Waals surface area contributed by atoms with E-state index >= 15 is 0 Å². The number of Topliss-reactive ketones (excluding diaryl/α,β-unsaturated/α-hetero) is 2. The third-order valence-corrected chi connectivity index (χ3v) is 5.22. The van der Waals surface area contributed by atoms with Gasteiger partial charge in [-0.1, -0.05) is 12.2 Å². The molecule has 4 bridgehead atoms. The van der Waals surface area contributed by atoms with Crippen LogP contribution in [0.25, 0.3) is 0 Å². The van der Waals surface area contributed by atoms with Crippen molar-refractivity contribution in [3.63, 3.8) is 0 Å². The highest BCUT2D eigenvalue weighted by molar-refractivity contribution is 5.92. The van der Waals surface area contributed by atoms with Gasteiger partial charge in [0.25, 0.3) is 0 Å². The van der Waals surface area contributed by atoms with Crippen molar-refractivity contribution in [2.45, 2.75) is 70.2 Å². The number of ether oxygens (including phenoxy) is 2. The molecule has 0 amide bonds. The Kier molecular flexibility index (Phi) is 4.47. The van der Waals surface area contributed by atoms with Crippen LogP contribution in [0, 0.1) is 5.92 Å². The summed E-state index contributed by atoms with van der Waals surface area (Å²) in [4.78, 5) is 36.7. The Morgan fingerprint density at radius 1 is 1.29 bits per heavy atom. The first-order valence-corrected chi connectivity index (χ1v) is 8.55. The summed E-state index contributed by atoms with van der Waals surface area (Å²) in [7, 11) is 0. The highest BCUT2D eigenvalue weighted by Gasteiger charge is 2.45. The zero-order valence-electron chi connectivity index (χ0n) is 14.3. The molecule has 3 aliphatic rings. The molecule has 1 fully saturated rings. The predicted octanol–water partition coefficient (Wildman–Crippen LogP) is 2.68. The van der Waals surface area contributed by atoms with E-state index in [1.54, 1.807) is 0 Å². The first-order valence-electron chi connectivity index (χ1n) is 8.55. The molecule has 24 heavy (non-hydrogen) atoms. The smallest absolute Gasteiger partial charge is 0.334 e. The molecule has 0 N–H and O–H groups in total. The number of rotatable bonds is 1. The van der Waals surface area contributed by atoms with E-state index in [1.165, 1.54) is 0 Å². The van der Waals surface area contributed by atoms with Gasteiger partial charge >= 0.3 is 5.97 Å². The monoisotopic (exact) mass is 332 g/mol. The maximum atomic E-state index is 12.4. The molecule has 0 aromatic rings. The molecule has 0 radical (unpaired) electrons. The van der Waals surface area contributed by atoms with Crippen LogP contribution >= 0.6 is 0 Å². The number of fused-ring (bicyclic) bond motifs is 3. The van der Waals surface area contributed by atoms with Gasteiger partial charge in [-0.05, 0) is 38.7 Å². The van der Waals surface area contributed by atoms with E-state index in [0.717, 1.165) is 5.57 Å². The molecule has 4 atom stereocenters. The molecule has 0 unspecified atom stereocenters. The average Bonchev–Trinajstić information content (AvgIpc) is 2.93. The quantitative estimate of drug-likeness (QED) is 0.545. The molecule has 0 aromatic heterocycles. The highest BCUT2D eigenvalue weighted by atomic mass is 16.6. The summed E-state index contributed by atoms with van der Waals surface area (Å²) in [5.74, 6) is -0.308. The maximum Gasteiger partial charge on any atom is 0.334 e. The lowest BCUT2D eigenvalue weighted by atomic mass is 9.87. The van der Waals surface area contributed by atoms with Crippen LogP contribution < -0.4 is 0 Å². The van der Waals surface area contributed by atoms with E-state index in [4.69, 9.17) is 9.47 Å². The van der Waals surface area contributed by atoms with E-state index in [2.05, 4.69) is 6.58 Å². The van der Waals surface area contributed by atoms with Gasteiger partial charge in [-0.2, -0.15) is 0 Å². The Hall–Kier alpha value is -1.75. The molecule has 5 heteroatoms. The zero-order valence-corrected chi connectivity index (χ0v) is 14.3. The van der Waals surface area contributed by atoms with Crippen molar-refractivity contribution in [1.29, 1.82) is 0 Å². The third kappa shape index (κ3) is 3.51. The SMILES string of the molecule is C=C(C)[C@@H]1CCC2=C[C@@H](C[C@@]3(C)CC(=O)[C@@H](CC(=O)C1)O3)OC2=O. The first kappa shape index (κ1) is 17.1. The van der Waals surface area contributed by atoms with Crippen LogP contribution in [0.3, 0.4) is 0 Å². The molecule has 0 saturated carbocycles. The van der Waals surface area contributed by atoms with Crippen LogP contribution in [-0.4, -0.2) is 35.3 Å². The molecular weight excluding hydrogens is 308 g/mol. The van der Waals surface area contributed by atoms with E-state index in [0.29, 0.717) is 31.3 Å². The van der Waals surface area contributed by atoms with Gasteiger partial charge in [-0.25, -0.2) is 4.79 Å². The molecule has 130 valence electrons. The number of esters is 1. The van der Waals surface area contributed by atoms with Crippen LogP contribution in [0.2, 0.25) is 0 Å². The Morgan fingerprint density at radius 2 is 2.04 bits per heavy atom. The second-order valence-corrected chi connectivity index (χ2v) is 7.57. The molecule has 0 aliphatic carbocycles. The number of hydrogen-bond acceptors (Lipinski definition) is 5. The second-order valence-electron chi connectivity index (χ2n) is 7.57. The predicted molar refractivity (Wildman–Crippen MR) is 87.3 cm³/mol. The van der Waals surface area contributed by atoms with E-state index in [1.807, 2.05) is 19.9 Å². The second kappa shape index (κ2) is 6.28. The topological polar surface area (TPSA) is 69.7 Å². The van der Waals surface area contributed by atoms with Gasteiger partial charge < -0.3 is 9.47 Å². The zero-order chi connectivity index (χ0) is 17.5. The van der Waals surface area contributed by atoms with E-state index < -0.39 is 11.7 Å². The lowest BCUT2D eigenvalue weighted by Gasteiger charge is -2.26. The molecule has 5 nitrogen and oxygen atoms in total. The summed E-state index contributed by atoms with van der Waals surface area (Å²) < 4.78 is 11.3. The fourth-order valence-corrected chi connectivity index (χ4v) is 3.88. The molecule has 1 saturated heterocycles. The first-order chi connectivity index (χ1) is 11.3. The van der Waals surface area contributed by atoms with Crippen molar-refractivity contribution in [3.8, 4) is 0 Å². The summed E-state index contributed by atoms with van der Waals surface area (Å²) in [6, 6.07) is 0. The van der Waals surface area contributed by atoms with Crippen molar-refractivity contribution in [2.24, 2.45) is 5.92 Å². The molecule has 3 heterocycles. The minimum atomic E-state index is -0.680. The average molecular weight is 332 g/mol. The van der Waals surface area contributed by atoms with Crippen LogP contribution in [0.4, 0.5) is 0 Å². The Bertz CT molecular complexity index is 632. The van der Waals surface area contributed by atoms with Gasteiger partial charge in [-0.15, -0.1) is 0 Å². The summed E-state index contributed by atoms with van der Waals surface area (Å²) in [5, 5.41) is 0. The van der Waals surface area contributed by atoms with Crippen LogP contribution in [-0.2, 0) is 23.9 Å². The van der Waals surface area contributed by atoms with Gasteiger partial charge in [-0.3, -0.25) is 9.59 Å². The number of allylic oxidation sites excluding steroid dienone is 1. The Balaban J connectivity index is 1.87. The van der Waals surface area contributed by atoms with Crippen LogP contribution in [0.1, 0.15) is 52.4 Å². The summed E-state index contributed by atoms with van der Waals surface area (Å²) in [6.07, 6.45) is 3.26. The highest BCUT2D eigenvalue weighted by Crippen LogP contribution is 2.37. The van der Waals surface area contributed by atoms with Gasteiger partial charge in [0.2, 0.25) is 0 Å². The fourth-order valence-electron chi connectivity index (χ4n) is 3.88. The minimum Gasteiger partial charge on any atom is -0.455 e. The number of ketones is 2. The lowest BCUT2D eigenvalue weighted by molar-refractivity contribution is -0.143. The Morgan fingerprint density at radius 3 is 2.75 bits per heavy atom. The van der Waals surface area contributed by atoms with Gasteiger partial charge in [0, 0.05) is 31.3 Å². The van der Waals surface area contributed by atoms with Gasteiger partial charge in [0.15, 0.2) is 5.78 Å². The Labute approximate surface area is 142 Å². The molecule has 3 rings (SSSR count). The van der Waals surface area contributed by atoms with Gasteiger partial charge in [0.1, 0.15) is 18.0 Å². The normalized spacial score (nSPS) is 37.2. The summed E-state index contributed by atoms with van der Waals surface area (Å²) in [6.45, 7) is 7.72. The number of carbonyl (C=O) groups excluding carboxylic acids is 3. The van der Waals surface area contributed by atoms with Crippen LogP contribution in [0.15, 0.2) is 23.8 Å². The third-order valence-electron chi connectivity index (χ3n) is 5.22. The standard InChI is InChI=1S/C19H24O5/c1-11(2)12-4-5-13-7-15(23-18(13)22)9-19(3)10-16(21)17(24-19)8-14(20)6-12/h7,12,15,17H,1,4-6,8-10H2,2-3H3/t12-,15+,17-,19+/m1/s1. The molecule has 3 aliphatic heterocycles. The summed E-state index contributed by atoms with van der Waals surface area (Å²) >= 11 is 0. The number of hydrogen-bond donors (Lipinski definition) is 0. The molecular formula is C19H24O5. The van der Waals surface area contributed by atoms with Crippen molar-refractivity contribution in [2.75, 3.05) is 0 Å². The van der Waals surface area contributed by atoms with Crippen molar-refractivity contribution >= 4 is 17.5 Å². The van der Waals surface area contributed by atoms with Crippen molar-refractivity contribution in [1.82, 2.24) is 0 Å². The minimum absolute atomic E-state index is 0.00823. The van der Waals surface area contributed by atoms with Gasteiger partial charge in [0.05, 0.1) is 5.60 Å². The van der Waals surface area contributed by atoms with Crippen molar-refractivity contribution in [3.05, 3.63) is 23.8 Å². The number of carbonyl (C=O) groups is 3. The lowest BCUT2D eigenvalue weighted by Crippen LogP contribution is -2.31. The van der Waals surface area contributed by atoms with E-state index in [-0.39, 0.29) is 42.4 Å². The van der Waals surface area contributed by atoms with Crippen LogP contribution in [0.5, 0.6) is 0 Å². The largest absolute Gasteiger partial charge is 0.455 e. The summed E-state index contributed by atoms with van der Waals surface area (Å²) in [5.41, 5.74) is 0.897.